The molecule has 0 unspecified atom stereocenters. The van der Waals surface area contributed by atoms with Crippen molar-refractivity contribution in [1.29, 1.82) is 0 Å². The van der Waals surface area contributed by atoms with Crippen LogP contribution in [-0.2, 0) is 18.0 Å². The van der Waals surface area contributed by atoms with Crippen molar-refractivity contribution in [1.82, 2.24) is 20.1 Å². The molecule has 2 N–H and O–H groups in total. The molecule has 0 saturated heterocycles. The van der Waals surface area contributed by atoms with Crippen LogP contribution in [0, 0.1) is 5.92 Å². The molecule has 0 radical (unpaired) electrons. The van der Waals surface area contributed by atoms with E-state index in [1.165, 1.54) is 16.9 Å². The summed E-state index contributed by atoms with van der Waals surface area (Å²) in [6, 6.07) is 6.39. The van der Waals surface area contributed by atoms with Crippen LogP contribution in [0.1, 0.15) is 41.6 Å². The number of pyridine rings is 1. The summed E-state index contributed by atoms with van der Waals surface area (Å²) in [5.74, 6) is -0.998. The van der Waals surface area contributed by atoms with Gasteiger partial charge in [0.25, 0.3) is 5.91 Å². The first kappa shape index (κ1) is 27.4. The highest BCUT2D eigenvalue weighted by molar-refractivity contribution is 6.01. The third-order valence-electron chi connectivity index (χ3n) is 7.06. The number of carbonyl (C=O) groups excluding carboxylic acids is 2. The van der Waals surface area contributed by atoms with Gasteiger partial charge in [-0.15, -0.1) is 0 Å². The molecule has 0 bridgehead atoms. The monoisotopic (exact) mass is 560 g/mol. The predicted molar refractivity (Wildman–Crippen MR) is 138 cm³/mol. The van der Waals surface area contributed by atoms with Crippen LogP contribution in [0.4, 0.5) is 34.6 Å². The zero-order valence-corrected chi connectivity index (χ0v) is 21.6. The highest BCUT2D eigenvalue weighted by Gasteiger charge is 2.34. The minimum Gasteiger partial charge on any atom is -0.474 e. The molecule has 3 aromatic rings. The first-order valence-corrected chi connectivity index (χ1v) is 12.9. The molecule has 9 nitrogen and oxygen atoms in total. The Bertz CT molecular complexity index is 1390. The lowest BCUT2D eigenvalue weighted by molar-refractivity contribution is -0.137. The minimum atomic E-state index is -4.58. The molecule has 212 valence electrons. The fraction of sp³-hybridized carbons (Fsp3) is 0.407. The van der Waals surface area contributed by atoms with Gasteiger partial charge in [-0.05, 0) is 55.9 Å². The first-order chi connectivity index (χ1) is 19.1. The Balaban J connectivity index is 1.36. The number of fused-ring (bicyclic) bond motifs is 1. The first-order valence-electron chi connectivity index (χ1n) is 12.9. The third kappa shape index (κ3) is 6.18. The van der Waals surface area contributed by atoms with Gasteiger partial charge in [-0.1, -0.05) is 6.07 Å². The van der Waals surface area contributed by atoms with E-state index >= 15 is 0 Å². The van der Waals surface area contributed by atoms with Gasteiger partial charge in [0.15, 0.2) is 0 Å². The standard InChI is InChI=1S/C27H28F4N6O3/c1-36-15-20(14-33-36)34-25(39)22(10-16-5-6-19(28)9-16)35-24(38)17-3-2-4-21(11-17)37-7-8-40-26-23(37)12-18(13-32-26)27(29,30)31/h2-4,11-16,19,22H,5-10H2,1H3,(H,34,39)(H,35,38)/t16-,19-,22-/m0/s1. The van der Waals surface area contributed by atoms with Crippen molar-refractivity contribution in [2.75, 3.05) is 23.4 Å². The lowest BCUT2D eigenvalue weighted by Crippen LogP contribution is -2.44. The Morgan fingerprint density at radius 3 is 2.73 bits per heavy atom. The number of alkyl halides is 4. The molecular weight excluding hydrogens is 532 g/mol. The largest absolute Gasteiger partial charge is 0.474 e. The van der Waals surface area contributed by atoms with Crippen LogP contribution < -0.4 is 20.3 Å². The predicted octanol–water partition coefficient (Wildman–Crippen LogP) is 4.63. The van der Waals surface area contributed by atoms with Gasteiger partial charge in [0, 0.05) is 30.7 Å². The Morgan fingerprint density at radius 1 is 1.20 bits per heavy atom. The highest BCUT2D eigenvalue weighted by Crippen LogP contribution is 2.39. The van der Waals surface area contributed by atoms with Crippen molar-refractivity contribution in [3.05, 3.63) is 60.0 Å². The van der Waals surface area contributed by atoms with Crippen molar-refractivity contribution < 1.29 is 31.9 Å². The number of carbonyl (C=O) groups is 2. The summed E-state index contributed by atoms with van der Waals surface area (Å²) in [6.45, 7) is 0.429. The molecule has 2 amide bonds. The summed E-state index contributed by atoms with van der Waals surface area (Å²) in [7, 11) is 1.70. The van der Waals surface area contributed by atoms with E-state index in [2.05, 4.69) is 20.7 Å². The second-order valence-electron chi connectivity index (χ2n) is 10.0. The van der Waals surface area contributed by atoms with E-state index in [4.69, 9.17) is 4.74 Å². The topological polar surface area (TPSA) is 101 Å². The van der Waals surface area contributed by atoms with Crippen molar-refractivity contribution in [2.24, 2.45) is 13.0 Å². The quantitative estimate of drug-likeness (QED) is 0.409. The number of hydrogen-bond acceptors (Lipinski definition) is 6. The van der Waals surface area contributed by atoms with Gasteiger partial charge in [-0.2, -0.15) is 18.3 Å². The number of rotatable bonds is 7. The summed E-state index contributed by atoms with van der Waals surface area (Å²) >= 11 is 0. The molecule has 1 aliphatic heterocycles. The van der Waals surface area contributed by atoms with Gasteiger partial charge in [0.2, 0.25) is 11.8 Å². The van der Waals surface area contributed by atoms with Crippen molar-refractivity contribution in [3.8, 4) is 5.88 Å². The number of hydrogen-bond donors (Lipinski definition) is 2. The molecule has 1 saturated carbocycles. The van der Waals surface area contributed by atoms with Crippen LogP contribution in [0.2, 0.25) is 0 Å². The second kappa shape index (κ2) is 11.1. The molecule has 5 rings (SSSR count). The zero-order chi connectivity index (χ0) is 28.4. The molecule has 3 heterocycles. The zero-order valence-electron chi connectivity index (χ0n) is 21.6. The number of ether oxygens (including phenoxy) is 1. The molecule has 13 heteroatoms. The minimum absolute atomic E-state index is 0.0592. The molecule has 1 aliphatic carbocycles. The molecule has 40 heavy (non-hydrogen) atoms. The fourth-order valence-corrected chi connectivity index (χ4v) is 5.09. The van der Waals surface area contributed by atoms with E-state index in [0.717, 1.165) is 12.3 Å². The normalized spacial score (nSPS) is 19.5. The number of aromatic nitrogens is 3. The van der Waals surface area contributed by atoms with Crippen LogP contribution in [0.3, 0.4) is 0 Å². The molecule has 0 spiro atoms. The smallest absolute Gasteiger partial charge is 0.417 e. The number of nitrogens with one attached hydrogen (secondary N) is 2. The van der Waals surface area contributed by atoms with E-state index in [1.54, 1.807) is 36.3 Å². The molecule has 2 aromatic heterocycles. The molecule has 1 aromatic carbocycles. The number of halogens is 4. The average molecular weight is 561 g/mol. The highest BCUT2D eigenvalue weighted by atomic mass is 19.4. The van der Waals surface area contributed by atoms with Crippen LogP contribution in [0.5, 0.6) is 5.88 Å². The van der Waals surface area contributed by atoms with E-state index in [9.17, 15) is 27.2 Å². The van der Waals surface area contributed by atoms with Crippen LogP contribution in [0.15, 0.2) is 48.9 Å². The molecule has 3 atom stereocenters. The van der Waals surface area contributed by atoms with Gasteiger partial charge in [-0.25, -0.2) is 9.37 Å². The van der Waals surface area contributed by atoms with Crippen LogP contribution >= 0.6 is 0 Å². The molecule has 1 fully saturated rings. The SMILES string of the molecule is Cn1cc(NC(=O)[C@H](C[C@H]2CC[C@H](F)C2)NC(=O)c2cccc(N3CCOc4ncc(C(F)(F)F)cc43)c2)cn1. The average Bonchev–Trinajstić information content (AvgIpc) is 3.53. The maximum absolute atomic E-state index is 13.8. The van der Waals surface area contributed by atoms with E-state index in [1.807, 2.05) is 0 Å². The van der Waals surface area contributed by atoms with Crippen LogP contribution in [-0.4, -0.2) is 51.9 Å². The van der Waals surface area contributed by atoms with E-state index in [-0.39, 0.29) is 42.6 Å². The number of benzene rings is 1. The van der Waals surface area contributed by atoms with Crippen LogP contribution in [0.25, 0.3) is 0 Å². The number of amides is 2. The number of aryl methyl sites for hydroxylation is 1. The van der Waals surface area contributed by atoms with E-state index < -0.39 is 35.8 Å². The van der Waals surface area contributed by atoms with Crippen molar-refractivity contribution in [2.45, 2.75) is 44.1 Å². The van der Waals surface area contributed by atoms with Gasteiger partial charge in [0.1, 0.15) is 24.5 Å². The Hall–Kier alpha value is -4.16. The van der Waals surface area contributed by atoms with Crippen molar-refractivity contribution >= 4 is 28.9 Å². The molecular formula is C27H28F4N6O3. The number of anilines is 3. The third-order valence-corrected chi connectivity index (χ3v) is 7.06. The Morgan fingerprint density at radius 2 is 2.02 bits per heavy atom. The Labute approximate surface area is 227 Å². The fourth-order valence-electron chi connectivity index (χ4n) is 5.09. The maximum Gasteiger partial charge on any atom is 0.417 e. The van der Waals surface area contributed by atoms with Crippen molar-refractivity contribution in [3.63, 3.8) is 0 Å². The number of nitrogens with zero attached hydrogens (tertiary/aromatic N) is 4. The summed E-state index contributed by atoms with van der Waals surface area (Å²) in [4.78, 5) is 31.9. The summed E-state index contributed by atoms with van der Waals surface area (Å²) in [6.07, 6.45) is -0.0649. The Kier molecular flexibility index (Phi) is 7.63. The summed E-state index contributed by atoms with van der Waals surface area (Å²) in [5, 5.41) is 9.54. The summed E-state index contributed by atoms with van der Waals surface area (Å²) in [5.41, 5.74) is 0.349. The van der Waals surface area contributed by atoms with Gasteiger partial charge in [0.05, 0.1) is 24.0 Å². The van der Waals surface area contributed by atoms with E-state index in [0.29, 0.717) is 30.6 Å². The second-order valence-corrected chi connectivity index (χ2v) is 10.0. The van der Waals surface area contributed by atoms with Gasteiger partial charge in [-0.3, -0.25) is 14.3 Å². The lowest BCUT2D eigenvalue weighted by atomic mass is 9.97. The molecule has 2 aliphatic rings. The summed E-state index contributed by atoms with van der Waals surface area (Å²) < 4.78 is 60.8. The maximum atomic E-state index is 13.8. The van der Waals surface area contributed by atoms with Gasteiger partial charge >= 0.3 is 6.18 Å². The lowest BCUT2D eigenvalue weighted by Gasteiger charge is -2.31. The van der Waals surface area contributed by atoms with Gasteiger partial charge < -0.3 is 20.3 Å².